The second-order valence-electron chi connectivity index (χ2n) is 11.3. The Morgan fingerprint density at radius 1 is 0.367 bits per heavy atom. The zero-order valence-electron chi connectivity index (χ0n) is 35.7. The molecule has 0 aliphatic carbocycles. The molecule has 0 aliphatic rings. The number of thiophene rings is 1. The van der Waals surface area contributed by atoms with Gasteiger partial charge < -0.3 is 0 Å². The summed E-state index contributed by atoms with van der Waals surface area (Å²) in [5.41, 5.74) is 5.09. The van der Waals surface area contributed by atoms with Crippen molar-refractivity contribution in [3.8, 4) is 67.5 Å². The molecular formula is C45H29N3S. The van der Waals surface area contributed by atoms with Gasteiger partial charge in [-0.15, -0.1) is 11.3 Å². The molecule has 0 N–H and O–H groups in total. The number of fused-ring (bicyclic) bond motifs is 3. The average molecular weight is 654 g/mol. The summed E-state index contributed by atoms with van der Waals surface area (Å²) in [5, 5.41) is 0.439. The van der Waals surface area contributed by atoms with Crippen LogP contribution in [0, 0.1) is 0 Å². The summed E-state index contributed by atoms with van der Waals surface area (Å²) < 4.78 is 87.9. The first-order valence-electron chi connectivity index (χ1n) is 20.5. The molecule has 0 saturated carbocycles. The molecule has 49 heavy (non-hydrogen) atoms. The number of aromatic nitrogens is 3. The zero-order chi connectivity index (χ0) is 41.3. The van der Waals surface area contributed by atoms with Gasteiger partial charge in [-0.05, 0) is 51.5 Å². The van der Waals surface area contributed by atoms with Crippen molar-refractivity contribution >= 4 is 31.5 Å². The van der Waals surface area contributed by atoms with E-state index in [0.717, 1.165) is 33.6 Å². The van der Waals surface area contributed by atoms with E-state index in [0.29, 0.717) is 22.8 Å². The molecule has 0 atom stereocenters. The molecule has 2 aromatic heterocycles. The monoisotopic (exact) mass is 653 g/mol. The summed E-state index contributed by atoms with van der Waals surface area (Å²) >= 11 is 1.01. The fraction of sp³-hybridized carbons (Fsp3) is 0. The van der Waals surface area contributed by atoms with Gasteiger partial charge >= 0.3 is 0 Å². The molecule has 3 nitrogen and oxygen atoms in total. The maximum absolute atomic E-state index is 9.50. The minimum absolute atomic E-state index is 0.00996. The third kappa shape index (κ3) is 5.69. The van der Waals surface area contributed by atoms with E-state index in [1.807, 2.05) is 109 Å². The highest BCUT2D eigenvalue weighted by Gasteiger charge is 2.15. The Morgan fingerprint density at radius 3 is 1.43 bits per heavy atom. The Hall–Kier alpha value is -6.23. The SMILES string of the molecule is [2H]c1c([2H])c([2H])c(-c2cc3c(sc4c([2H])c(-c5nc(-c6ccc(-c7ccccc7)cc6)nc(-c6ccc(-c7ccccc7)cc6)n5)c([2H])c([2H])c43)c([2H])c2[2H])c([2H])c1[2H]. The van der Waals surface area contributed by atoms with Crippen LogP contribution in [0.4, 0.5) is 0 Å². The Bertz CT molecular complexity index is 3010. The Kier molecular flexibility index (Phi) is 5.12. The molecule has 4 heteroatoms. The second kappa shape index (κ2) is 12.4. The molecular weight excluding hydrogens is 615 g/mol. The number of hydrogen-bond donors (Lipinski definition) is 0. The second-order valence-corrected chi connectivity index (χ2v) is 12.3. The number of nitrogens with zero attached hydrogens (tertiary/aromatic N) is 3. The van der Waals surface area contributed by atoms with Crippen molar-refractivity contribution in [1.82, 2.24) is 15.0 Å². The minimum atomic E-state index is -0.583. The molecule has 0 spiro atoms. The van der Waals surface area contributed by atoms with E-state index in [4.69, 9.17) is 24.5 Å². The summed E-state index contributed by atoms with van der Waals surface area (Å²) in [4.78, 5) is 14.5. The van der Waals surface area contributed by atoms with E-state index in [2.05, 4.69) is 0 Å². The molecule has 0 amide bonds. The predicted octanol–water partition coefficient (Wildman–Crippen LogP) is 12.2. The lowest BCUT2D eigenvalue weighted by Gasteiger charge is -2.10. The van der Waals surface area contributed by atoms with Crippen LogP contribution in [-0.4, -0.2) is 15.0 Å². The Morgan fingerprint density at radius 2 is 0.857 bits per heavy atom. The summed E-state index contributed by atoms with van der Waals surface area (Å²) in [5.74, 6) is 0.613. The van der Waals surface area contributed by atoms with Gasteiger partial charge in [0.15, 0.2) is 17.5 Å². The minimum Gasteiger partial charge on any atom is -0.208 e. The molecule has 9 aromatic rings. The van der Waals surface area contributed by atoms with Crippen molar-refractivity contribution in [1.29, 1.82) is 0 Å². The highest BCUT2D eigenvalue weighted by Crippen LogP contribution is 2.38. The normalized spacial score (nSPS) is 14.1. The van der Waals surface area contributed by atoms with Gasteiger partial charge in [-0.2, -0.15) is 0 Å². The first-order chi connectivity index (χ1) is 28.4. The van der Waals surface area contributed by atoms with Crippen LogP contribution in [0.5, 0.6) is 0 Å². The van der Waals surface area contributed by atoms with Crippen molar-refractivity contribution in [2.75, 3.05) is 0 Å². The van der Waals surface area contributed by atoms with Crippen LogP contribution in [0.2, 0.25) is 0 Å². The molecule has 0 bridgehead atoms. The van der Waals surface area contributed by atoms with Crippen molar-refractivity contribution < 1.29 is 13.7 Å². The van der Waals surface area contributed by atoms with Crippen molar-refractivity contribution in [2.24, 2.45) is 0 Å². The van der Waals surface area contributed by atoms with Crippen molar-refractivity contribution in [3.05, 3.63) is 176 Å². The van der Waals surface area contributed by atoms with Gasteiger partial charge in [-0.3, -0.25) is 0 Å². The number of benzene rings is 7. The van der Waals surface area contributed by atoms with Crippen LogP contribution in [0.25, 0.3) is 87.7 Å². The molecule has 0 unspecified atom stereocenters. The fourth-order valence-electron chi connectivity index (χ4n) is 5.72. The molecule has 230 valence electrons. The lowest BCUT2D eigenvalue weighted by molar-refractivity contribution is 1.07. The average Bonchev–Trinajstić information content (AvgIpc) is 3.67. The van der Waals surface area contributed by atoms with E-state index in [-0.39, 0.29) is 72.9 Å². The molecule has 9 rings (SSSR count). The third-order valence-electron chi connectivity index (χ3n) is 8.22. The van der Waals surface area contributed by atoms with Crippen LogP contribution >= 0.6 is 11.3 Å². The van der Waals surface area contributed by atoms with Crippen LogP contribution in [0.15, 0.2) is 176 Å². The highest BCUT2D eigenvalue weighted by molar-refractivity contribution is 7.25. The van der Waals surface area contributed by atoms with Crippen molar-refractivity contribution in [2.45, 2.75) is 0 Å². The molecule has 0 aliphatic heterocycles. The highest BCUT2D eigenvalue weighted by atomic mass is 32.1. The summed E-state index contributed by atoms with van der Waals surface area (Å²) in [6.45, 7) is 0. The Balaban J connectivity index is 1.24. The van der Waals surface area contributed by atoms with Crippen LogP contribution in [0.1, 0.15) is 13.7 Å². The van der Waals surface area contributed by atoms with Crippen LogP contribution in [-0.2, 0) is 0 Å². The molecule has 0 saturated heterocycles. The van der Waals surface area contributed by atoms with Gasteiger partial charge in [0.1, 0.15) is 0 Å². The standard InChI is InChI=1S/C45H29N3S/c1-4-10-30(11-5-1)33-16-20-35(21-17-33)43-46-44(36-22-18-34(19-23-36)31-12-6-2-7-13-31)48-45(47-43)38-24-26-39-40-28-37(32-14-8-3-9-15-32)25-27-41(40)49-42(39)29-38/h1-29H/i3D,8D,9D,14D,15D,24D,25D,26D,27D,29D. The lowest BCUT2D eigenvalue weighted by Crippen LogP contribution is -2.00. The maximum atomic E-state index is 9.50. The van der Waals surface area contributed by atoms with Crippen LogP contribution < -0.4 is 0 Å². The van der Waals surface area contributed by atoms with Gasteiger partial charge in [0.25, 0.3) is 0 Å². The quantitative estimate of drug-likeness (QED) is 0.179. The van der Waals surface area contributed by atoms with E-state index in [1.165, 1.54) is 6.07 Å². The fourth-order valence-corrected chi connectivity index (χ4v) is 6.72. The zero-order valence-corrected chi connectivity index (χ0v) is 26.5. The first kappa shape index (κ1) is 20.2. The Labute approximate surface area is 302 Å². The lowest BCUT2D eigenvalue weighted by atomic mass is 10.0. The largest absolute Gasteiger partial charge is 0.208 e. The number of hydrogen-bond acceptors (Lipinski definition) is 4. The van der Waals surface area contributed by atoms with E-state index in [9.17, 15) is 4.11 Å². The van der Waals surface area contributed by atoms with Crippen molar-refractivity contribution in [3.63, 3.8) is 0 Å². The van der Waals surface area contributed by atoms with Gasteiger partial charge in [0.05, 0.1) is 13.7 Å². The van der Waals surface area contributed by atoms with E-state index < -0.39 is 30.2 Å². The number of rotatable bonds is 6. The predicted molar refractivity (Wildman–Crippen MR) is 205 cm³/mol. The summed E-state index contributed by atoms with van der Waals surface area (Å²) in [6, 6.07) is 32.6. The van der Waals surface area contributed by atoms with Gasteiger partial charge in [-0.1, -0.05) is 158 Å². The van der Waals surface area contributed by atoms with E-state index >= 15 is 0 Å². The smallest absolute Gasteiger partial charge is 0.164 e. The molecule has 7 aromatic carbocycles. The van der Waals surface area contributed by atoms with Gasteiger partial charge in [-0.25, -0.2) is 15.0 Å². The third-order valence-corrected chi connectivity index (χ3v) is 9.26. The summed E-state index contributed by atoms with van der Waals surface area (Å²) in [6.07, 6.45) is 0. The molecule has 2 heterocycles. The van der Waals surface area contributed by atoms with E-state index in [1.54, 1.807) is 0 Å². The maximum Gasteiger partial charge on any atom is 0.164 e. The van der Waals surface area contributed by atoms with Gasteiger partial charge in [0.2, 0.25) is 0 Å². The van der Waals surface area contributed by atoms with Crippen LogP contribution in [0.3, 0.4) is 0 Å². The topological polar surface area (TPSA) is 38.7 Å². The molecule has 0 radical (unpaired) electrons. The van der Waals surface area contributed by atoms with Gasteiger partial charge in [0, 0.05) is 36.9 Å². The first-order valence-corrected chi connectivity index (χ1v) is 16.4. The summed E-state index contributed by atoms with van der Waals surface area (Å²) in [7, 11) is 0. The molecule has 0 fully saturated rings.